The van der Waals surface area contributed by atoms with E-state index in [4.69, 9.17) is 14.3 Å². The van der Waals surface area contributed by atoms with E-state index in [2.05, 4.69) is 53.7 Å². The van der Waals surface area contributed by atoms with Gasteiger partial charge in [-0.15, -0.1) is 0 Å². The Balaban J connectivity index is 1.30. The highest BCUT2D eigenvalue weighted by Gasteiger charge is 2.59. The molecule has 4 rings (SSSR count). The van der Waals surface area contributed by atoms with Gasteiger partial charge in [-0.1, -0.05) is 136 Å². The molecule has 47 heavy (non-hydrogen) atoms. The maximum atomic E-state index is 13.4. The Morgan fingerprint density at radius 1 is 0.894 bits per heavy atom. The number of hydrogen-bond acceptors (Lipinski definition) is 2. The van der Waals surface area contributed by atoms with Crippen LogP contribution < -0.4 is 0 Å². The van der Waals surface area contributed by atoms with Crippen LogP contribution in [0.25, 0.3) is 0 Å². The summed E-state index contributed by atoms with van der Waals surface area (Å²) in [6, 6.07) is 0. The van der Waals surface area contributed by atoms with Crippen LogP contribution in [0, 0.1) is 46.3 Å². The molecular formula is C45H78O2. The van der Waals surface area contributed by atoms with E-state index in [1.54, 1.807) is 0 Å². The lowest BCUT2D eigenvalue weighted by molar-refractivity contribution is -0.151. The Kier molecular flexibility index (Phi) is 12.2. The highest BCUT2D eigenvalue weighted by atomic mass is 16.5. The highest BCUT2D eigenvalue weighted by molar-refractivity contribution is 5.69. The molecule has 3 saturated carbocycles. The Morgan fingerprint density at radius 2 is 1.64 bits per heavy atom. The van der Waals surface area contributed by atoms with Gasteiger partial charge in [0.05, 0.1) is 0 Å². The molecule has 4 aliphatic rings. The van der Waals surface area contributed by atoms with E-state index >= 15 is 0 Å². The second-order valence-corrected chi connectivity index (χ2v) is 17.1. The third-order valence-corrected chi connectivity index (χ3v) is 13.5. The molecule has 0 amide bonds. The van der Waals surface area contributed by atoms with Crippen LogP contribution >= 0.6 is 0 Å². The molecule has 9 atom stereocenters. The number of ether oxygens (including phenoxy) is 1. The number of carbonyl (C=O) groups is 1. The lowest BCUT2D eigenvalue weighted by Gasteiger charge is -2.58. The number of rotatable bonds is 21. The van der Waals surface area contributed by atoms with Crippen molar-refractivity contribution in [1.29, 1.82) is 0 Å². The molecule has 2 nitrogen and oxygen atoms in total. The molecule has 2 heteroatoms. The van der Waals surface area contributed by atoms with E-state index < -0.39 is 37.6 Å². The minimum absolute atomic E-state index is 0.0289. The maximum absolute atomic E-state index is 13.4. The third-order valence-electron chi connectivity index (χ3n) is 13.5. The fraction of sp³-hybridized carbons (Fsp3) is 0.889. The van der Waals surface area contributed by atoms with Gasteiger partial charge in [0, 0.05) is 22.4 Å². The van der Waals surface area contributed by atoms with E-state index in [1.807, 2.05) is 6.08 Å². The molecule has 270 valence electrons. The zero-order chi connectivity index (χ0) is 40.0. The Morgan fingerprint density at radius 3 is 2.40 bits per heavy atom. The minimum Gasteiger partial charge on any atom is -0.462 e. The van der Waals surface area contributed by atoms with Crippen molar-refractivity contribution in [2.24, 2.45) is 46.3 Å². The van der Waals surface area contributed by atoms with Crippen LogP contribution in [-0.2, 0) is 9.53 Å². The summed E-state index contributed by atoms with van der Waals surface area (Å²) in [5.41, 5.74) is 1.74. The minimum atomic E-state index is -3.24. The topological polar surface area (TPSA) is 26.3 Å². The average molecular weight is 658 g/mol. The van der Waals surface area contributed by atoms with Gasteiger partial charge < -0.3 is 4.74 Å². The van der Waals surface area contributed by atoms with Crippen molar-refractivity contribution in [3.63, 3.8) is 0 Å². The van der Waals surface area contributed by atoms with Gasteiger partial charge in [0.1, 0.15) is 6.10 Å². The first-order valence-electron chi connectivity index (χ1n) is 23.9. The molecule has 0 aliphatic heterocycles. The second-order valence-electron chi connectivity index (χ2n) is 17.1. The van der Waals surface area contributed by atoms with E-state index in [0.717, 1.165) is 49.4 Å². The second kappa shape index (κ2) is 19.4. The number of hydrogen-bond donors (Lipinski definition) is 0. The van der Waals surface area contributed by atoms with E-state index in [9.17, 15) is 4.79 Å². The van der Waals surface area contributed by atoms with E-state index in [0.29, 0.717) is 42.9 Å². The number of carbonyl (C=O) groups excluding carboxylic acids is 1. The van der Waals surface area contributed by atoms with Crippen molar-refractivity contribution >= 4 is 5.97 Å². The molecule has 1 unspecified atom stereocenters. The van der Waals surface area contributed by atoms with Gasteiger partial charge in [0.2, 0.25) is 0 Å². The van der Waals surface area contributed by atoms with Crippen LogP contribution in [0.5, 0.6) is 0 Å². The van der Waals surface area contributed by atoms with Crippen molar-refractivity contribution < 1.29 is 19.1 Å². The van der Waals surface area contributed by atoms with Gasteiger partial charge in [-0.2, -0.15) is 0 Å². The first-order chi connectivity index (χ1) is 25.3. The molecule has 0 radical (unpaired) electrons. The monoisotopic (exact) mass is 658 g/mol. The summed E-state index contributed by atoms with van der Waals surface area (Å²) >= 11 is 0. The van der Waals surface area contributed by atoms with Crippen molar-refractivity contribution in [3.8, 4) is 0 Å². The Hall–Kier alpha value is -1.05. The fourth-order valence-corrected chi connectivity index (χ4v) is 10.8. The van der Waals surface area contributed by atoms with Gasteiger partial charge in [-0.25, -0.2) is 0 Å². The van der Waals surface area contributed by atoms with Crippen molar-refractivity contribution in [1.82, 2.24) is 0 Å². The summed E-state index contributed by atoms with van der Waals surface area (Å²) < 4.78 is 65.6. The zero-order valence-electron chi connectivity index (χ0n) is 38.5. The fourth-order valence-electron chi connectivity index (χ4n) is 10.8. The normalized spacial score (nSPS) is 36.4. The predicted octanol–water partition coefficient (Wildman–Crippen LogP) is 14.0. The summed E-state index contributed by atoms with van der Waals surface area (Å²) in [5, 5.41) is 0. The molecular weight excluding hydrogens is 572 g/mol. The van der Waals surface area contributed by atoms with Crippen molar-refractivity contribution in [3.05, 3.63) is 23.8 Å². The van der Waals surface area contributed by atoms with Crippen molar-refractivity contribution in [2.75, 3.05) is 0 Å². The quantitative estimate of drug-likeness (QED) is 0.0697. The first kappa shape index (κ1) is 29.7. The third kappa shape index (κ3) is 10.7. The molecule has 0 aromatic heterocycles. The van der Waals surface area contributed by atoms with E-state index in [-0.39, 0.29) is 11.8 Å². The molecule has 0 spiro atoms. The number of fused-ring (bicyclic) bond motifs is 5. The SMILES string of the molecule is [2H]C(CCC/C=C\CCCCCCCC)C([2H])([2H])C([2H])([2H])C([2H])([2H])C(=O)O[C@H]1CC[C@@]2(C)C(=CC[C@H]3[C@@H]4CC[C@H]([C@H](C)CCCC(C)C)[C@@]4(C)CC[C@@H]32)C1. The van der Waals surface area contributed by atoms with Crippen molar-refractivity contribution in [2.45, 2.75) is 208 Å². The standard InChI is InChI=1S/C45H78O2/c1-7-8-9-10-11-12-13-14-15-16-17-18-19-20-21-25-43(46)47-38-30-32-44(5)37(34-38)26-27-39-41-29-28-40(36(4)24-22-23-35(2)3)45(41,6)33-31-42(39)44/h14-15,26,35-36,38-42H,7-13,16-25,27-34H2,1-6H3/b15-14-/t36-,38+,39+,40-,41+,42+,44+,45-/m1/s1/i19D,20D2,21D2,25D2/t19?,36-,38+,39+,40-,41+,42+,44+,45-. The highest BCUT2D eigenvalue weighted by Crippen LogP contribution is 2.67. The average Bonchev–Trinajstić information content (AvgIpc) is 3.47. The molecule has 3 fully saturated rings. The smallest absolute Gasteiger partial charge is 0.306 e. The molecule has 4 aliphatic carbocycles. The Labute approximate surface area is 303 Å². The van der Waals surface area contributed by atoms with Gasteiger partial charge >= 0.3 is 5.97 Å². The van der Waals surface area contributed by atoms with Gasteiger partial charge in [-0.05, 0) is 123 Å². The van der Waals surface area contributed by atoms with Crippen LogP contribution in [-0.4, -0.2) is 12.1 Å². The summed E-state index contributed by atoms with van der Waals surface area (Å²) in [5.74, 6) is 3.01. The molecule has 0 bridgehead atoms. The first-order valence-corrected chi connectivity index (χ1v) is 20.3. The number of allylic oxidation sites excluding steroid dienone is 3. The van der Waals surface area contributed by atoms with Gasteiger partial charge in [0.25, 0.3) is 0 Å². The summed E-state index contributed by atoms with van der Waals surface area (Å²) in [6.07, 6.45) is 17.0. The van der Waals surface area contributed by atoms with Gasteiger partial charge in [-0.3, -0.25) is 4.79 Å². The summed E-state index contributed by atoms with van der Waals surface area (Å²) in [4.78, 5) is 13.4. The molecule has 0 aromatic carbocycles. The predicted molar refractivity (Wildman–Crippen MR) is 202 cm³/mol. The summed E-state index contributed by atoms with van der Waals surface area (Å²) in [6.45, 7) is 14.4. The molecule has 0 heterocycles. The van der Waals surface area contributed by atoms with Crippen LogP contribution in [0.2, 0.25) is 0 Å². The Bertz CT molecular complexity index is 1260. The van der Waals surface area contributed by atoms with E-state index in [1.165, 1.54) is 82.6 Å². The largest absolute Gasteiger partial charge is 0.462 e. The van der Waals surface area contributed by atoms with Crippen LogP contribution in [0.1, 0.15) is 211 Å². The maximum Gasteiger partial charge on any atom is 0.306 e. The van der Waals surface area contributed by atoms with Crippen LogP contribution in [0.3, 0.4) is 0 Å². The number of unbranched alkanes of at least 4 members (excludes halogenated alkanes) is 7. The summed E-state index contributed by atoms with van der Waals surface area (Å²) in [7, 11) is 0. The molecule has 0 saturated heterocycles. The van der Waals surface area contributed by atoms with Gasteiger partial charge in [0.15, 0.2) is 0 Å². The zero-order valence-corrected chi connectivity index (χ0v) is 31.5. The molecule has 0 aromatic rings. The number of esters is 1. The van der Waals surface area contributed by atoms with Crippen LogP contribution in [0.15, 0.2) is 23.8 Å². The molecule has 0 N–H and O–H groups in total. The lowest BCUT2D eigenvalue weighted by atomic mass is 9.47. The lowest BCUT2D eigenvalue weighted by Crippen LogP contribution is -2.51. The van der Waals surface area contributed by atoms with Crippen LogP contribution in [0.4, 0.5) is 0 Å².